The number of aryl methyl sites for hydroxylation is 1. The van der Waals surface area contributed by atoms with Crippen molar-refractivity contribution in [2.24, 2.45) is 5.92 Å². The molecule has 4 heteroatoms. The van der Waals surface area contributed by atoms with Gasteiger partial charge in [-0.3, -0.25) is 0 Å². The molecule has 0 amide bonds. The van der Waals surface area contributed by atoms with E-state index in [9.17, 15) is 0 Å². The summed E-state index contributed by atoms with van der Waals surface area (Å²) in [5.41, 5.74) is 2.19. The summed E-state index contributed by atoms with van der Waals surface area (Å²) in [7, 11) is 1.75. The van der Waals surface area contributed by atoms with Crippen molar-refractivity contribution < 1.29 is 4.74 Å². The highest BCUT2D eigenvalue weighted by atomic mass is 79.9. The van der Waals surface area contributed by atoms with Crippen LogP contribution in [0.4, 0.5) is 0 Å². The van der Waals surface area contributed by atoms with Gasteiger partial charge in [0.05, 0.1) is 5.69 Å². The quantitative estimate of drug-likeness (QED) is 0.761. The van der Waals surface area contributed by atoms with Gasteiger partial charge in [-0.15, -0.1) is 11.3 Å². The number of halogens is 1. The van der Waals surface area contributed by atoms with Gasteiger partial charge < -0.3 is 4.74 Å². The molecule has 0 spiro atoms. The molecule has 0 aliphatic heterocycles. The lowest BCUT2D eigenvalue weighted by Crippen LogP contribution is -2.08. The van der Waals surface area contributed by atoms with Crippen LogP contribution >= 0.6 is 27.3 Å². The zero-order valence-corrected chi connectivity index (χ0v) is 14.0. The van der Waals surface area contributed by atoms with Gasteiger partial charge in [0.25, 0.3) is 0 Å². The minimum atomic E-state index is 0.0694. The van der Waals surface area contributed by atoms with E-state index in [-0.39, 0.29) is 6.10 Å². The monoisotopic (exact) mass is 339 g/mol. The number of methoxy groups -OCH3 is 1. The van der Waals surface area contributed by atoms with E-state index in [1.807, 2.05) is 18.2 Å². The van der Waals surface area contributed by atoms with Crippen LogP contribution in [-0.4, -0.2) is 12.1 Å². The number of rotatable bonds is 4. The van der Waals surface area contributed by atoms with E-state index in [4.69, 9.17) is 9.72 Å². The SMILES string of the molecule is COC(c1nc(-c2ccccc2Br)c(C)s1)C(C)C. The smallest absolute Gasteiger partial charge is 0.123 e. The fourth-order valence-corrected chi connectivity index (χ4v) is 3.76. The lowest BCUT2D eigenvalue weighted by Gasteiger charge is -2.16. The molecule has 0 saturated carbocycles. The Hall–Kier alpha value is -0.710. The van der Waals surface area contributed by atoms with Gasteiger partial charge in [0, 0.05) is 22.0 Å². The predicted molar refractivity (Wildman–Crippen MR) is 84.6 cm³/mol. The van der Waals surface area contributed by atoms with Crippen LogP contribution in [0.25, 0.3) is 11.3 Å². The highest BCUT2D eigenvalue weighted by Gasteiger charge is 2.21. The lowest BCUT2D eigenvalue weighted by molar-refractivity contribution is 0.0645. The zero-order valence-electron chi connectivity index (χ0n) is 11.6. The second-order valence-corrected chi connectivity index (χ2v) is 6.93. The summed E-state index contributed by atoms with van der Waals surface area (Å²) in [5, 5.41) is 1.06. The topological polar surface area (TPSA) is 22.1 Å². The number of hydrogen-bond acceptors (Lipinski definition) is 3. The van der Waals surface area contributed by atoms with Gasteiger partial charge in [-0.2, -0.15) is 0 Å². The summed E-state index contributed by atoms with van der Waals surface area (Å²) in [6.45, 7) is 6.43. The van der Waals surface area contributed by atoms with Gasteiger partial charge >= 0.3 is 0 Å². The normalized spacial score (nSPS) is 12.9. The van der Waals surface area contributed by atoms with Crippen LogP contribution in [0.1, 0.15) is 29.8 Å². The molecule has 0 aliphatic carbocycles. The second-order valence-electron chi connectivity index (χ2n) is 4.84. The average Bonchev–Trinajstić information content (AvgIpc) is 2.72. The molecule has 102 valence electrons. The van der Waals surface area contributed by atoms with Gasteiger partial charge in [0.15, 0.2) is 0 Å². The third-order valence-electron chi connectivity index (χ3n) is 3.04. The second kappa shape index (κ2) is 6.16. The number of thiazole rings is 1. The number of aromatic nitrogens is 1. The molecule has 0 saturated heterocycles. The maximum Gasteiger partial charge on any atom is 0.123 e. The van der Waals surface area contributed by atoms with Crippen molar-refractivity contribution in [3.8, 4) is 11.3 Å². The van der Waals surface area contributed by atoms with Crippen molar-refractivity contribution in [1.29, 1.82) is 0 Å². The average molecular weight is 340 g/mol. The van der Waals surface area contributed by atoms with E-state index in [2.05, 4.69) is 42.8 Å². The minimum Gasteiger partial charge on any atom is -0.374 e. The van der Waals surface area contributed by atoms with Crippen molar-refractivity contribution in [3.05, 3.63) is 38.6 Å². The summed E-state index contributed by atoms with van der Waals surface area (Å²) >= 11 is 5.31. The first-order chi connectivity index (χ1) is 9.04. The van der Waals surface area contributed by atoms with Gasteiger partial charge in [0.2, 0.25) is 0 Å². The Morgan fingerprint density at radius 2 is 1.95 bits per heavy atom. The van der Waals surface area contributed by atoms with E-state index >= 15 is 0 Å². The molecule has 0 bridgehead atoms. The Balaban J connectivity index is 2.45. The molecule has 1 heterocycles. The van der Waals surface area contributed by atoms with Crippen LogP contribution < -0.4 is 0 Å². The van der Waals surface area contributed by atoms with Crippen molar-refractivity contribution in [1.82, 2.24) is 4.98 Å². The van der Waals surface area contributed by atoms with E-state index in [1.165, 1.54) is 4.88 Å². The number of ether oxygens (including phenoxy) is 1. The Labute approximate surface area is 127 Å². The Kier molecular flexibility index (Phi) is 4.76. The van der Waals surface area contributed by atoms with E-state index < -0.39 is 0 Å². The lowest BCUT2D eigenvalue weighted by atomic mass is 10.1. The van der Waals surface area contributed by atoms with Crippen LogP contribution in [-0.2, 0) is 4.74 Å². The minimum absolute atomic E-state index is 0.0694. The molecule has 2 nitrogen and oxygen atoms in total. The zero-order chi connectivity index (χ0) is 14.0. The number of hydrogen-bond donors (Lipinski definition) is 0. The van der Waals surface area contributed by atoms with Gasteiger partial charge in [0.1, 0.15) is 11.1 Å². The van der Waals surface area contributed by atoms with Crippen molar-refractivity contribution in [2.45, 2.75) is 26.9 Å². The van der Waals surface area contributed by atoms with Gasteiger partial charge in [-0.05, 0) is 18.9 Å². The molecule has 2 rings (SSSR count). The molecule has 1 unspecified atom stereocenters. The number of benzene rings is 1. The summed E-state index contributed by atoms with van der Waals surface area (Å²) in [6, 6.07) is 8.19. The molecule has 0 N–H and O–H groups in total. The molecule has 1 atom stereocenters. The Morgan fingerprint density at radius 1 is 1.26 bits per heavy atom. The molecule has 1 aromatic heterocycles. The number of nitrogens with zero attached hydrogens (tertiary/aromatic N) is 1. The summed E-state index contributed by atoms with van der Waals surface area (Å²) < 4.78 is 6.65. The molecular weight excluding hydrogens is 322 g/mol. The first kappa shape index (κ1) is 14.7. The maximum atomic E-state index is 5.57. The first-order valence-electron chi connectivity index (χ1n) is 6.29. The van der Waals surface area contributed by atoms with Crippen molar-refractivity contribution >= 4 is 27.3 Å². The van der Waals surface area contributed by atoms with Gasteiger partial charge in [-0.1, -0.05) is 48.0 Å². The Morgan fingerprint density at radius 3 is 2.53 bits per heavy atom. The standard InChI is InChI=1S/C15H18BrNOS/c1-9(2)14(18-4)15-17-13(10(3)19-15)11-7-5-6-8-12(11)16/h5-9,14H,1-4H3. The highest BCUT2D eigenvalue weighted by molar-refractivity contribution is 9.10. The third kappa shape index (κ3) is 3.07. The van der Waals surface area contributed by atoms with Crippen LogP contribution in [0.2, 0.25) is 0 Å². The van der Waals surface area contributed by atoms with Crippen LogP contribution in [0.15, 0.2) is 28.7 Å². The fraction of sp³-hybridized carbons (Fsp3) is 0.400. The first-order valence-corrected chi connectivity index (χ1v) is 7.90. The molecule has 2 aromatic rings. The van der Waals surface area contributed by atoms with E-state index in [0.29, 0.717) is 5.92 Å². The van der Waals surface area contributed by atoms with Crippen LogP contribution in [0.3, 0.4) is 0 Å². The molecular formula is C15H18BrNOS. The van der Waals surface area contributed by atoms with E-state index in [1.54, 1.807) is 18.4 Å². The fourth-order valence-electron chi connectivity index (χ4n) is 2.10. The molecule has 0 aliphatic rings. The predicted octanol–water partition coefficient (Wildman–Crippen LogP) is 5.22. The van der Waals surface area contributed by atoms with Gasteiger partial charge in [-0.25, -0.2) is 4.98 Å². The highest BCUT2D eigenvalue weighted by Crippen LogP contribution is 2.36. The van der Waals surface area contributed by atoms with Crippen molar-refractivity contribution in [3.63, 3.8) is 0 Å². The molecule has 1 aromatic carbocycles. The van der Waals surface area contributed by atoms with E-state index in [0.717, 1.165) is 20.7 Å². The maximum absolute atomic E-state index is 5.57. The summed E-state index contributed by atoms with van der Waals surface area (Å²) in [4.78, 5) is 6.02. The van der Waals surface area contributed by atoms with Crippen LogP contribution in [0.5, 0.6) is 0 Å². The summed E-state index contributed by atoms with van der Waals surface area (Å²) in [6.07, 6.45) is 0.0694. The Bertz CT molecular complexity index is 565. The molecule has 0 fully saturated rings. The largest absolute Gasteiger partial charge is 0.374 e. The molecule has 0 radical (unpaired) electrons. The van der Waals surface area contributed by atoms with Crippen LogP contribution in [0, 0.1) is 12.8 Å². The summed E-state index contributed by atoms with van der Waals surface area (Å²) in [5.74, 6) is 0.419. The third-order valence-corrected chi connectivity index (χ3v) is 4.77. The van der Waals surface area contributed by atoms with Crippen molar-refractivity contribution in [2.75, 3.05) is 7.11 Å². The molecule has 19 heavy (non-hydrogen) atoms.